The molecule has 0 aliphatic heterocycles. The zero-order chi connectivity index (χ0) is 7.70. The summed E-state index contributed by atoms with van der Waals surface area (Å²) in [5.41, 5.74) is 1.24. The van der Waals surface area contributed by atoms with E-state index in [0.717, 1.165) is 12.8 Å². The van der Waals surface area contributed by atoms with Gasteiger partial charge in [-0.25, -0.2) is 0 Å². The van der Waals surface area contributed by atoms with Crippen molar-refractivity contribution in [2.24, 2.45) is 0 Å². The van der Waals surface area contributed by atoms with Crippen LogP contribution in [-0.2, 0) is 0 Å². The monoisotopic (exact) mass is 128 g/mol. The molecule has 0 heteroatoms. The Morgan fingerprint density at radius 3 is 2.11 bits per heavy atom. The van der Waals surface area contributed by atoms with Crippen molar-refractivity contribution < 1.29 is 1.43 Å². The second-order valence-corrected chi connectivity index (χ2v) is 1.78. The van der Waals surface area contributed by atoms with E-state index in [-0.39, 0.29) is 1.43 Å². The molecular weight excluding hydrogens is 108 g/mol. The van der Waals surface area contributed by atoms with Crippen molar-refractivity contribution in [3.8, 4) is 0 Å². The minimum atomic E-state index is 0. The van der Waals surface area contributed by atoms with E-state index in [9.17, 15) is 0 Å². The van der Waals surface area contributed by atoms with Crippen LogP contribution in [0.3, 0.4) is 0 Å². The lowest BCUT2D eigenvalue weighted by atomic mass is 10.2. The zero-order valence-corrected chi connectivity index (χ0v) is 6.91. The van der Waals surface area contributed by atoms with Gasteiger partial charge < -0.3 is 0 Å². The van der Waals surface area contributed by atoms with Crippen molar-refractivity contribution in [1.82, 2.24) is 0 Å². The lowest BCUT2D eigenvalue weighted by molar-refractivity contribution is 0.986. The summed E-state index contributed by atoms with van der Waals surface area (Å²) in [6.07, 6.45) is 4.06. The molecule has 0 aliphatic rings. The van der Waals surface area contributed by atoms with Gasteiger partial charge in [0.1, 0.15) is 0 Å². The molecular formula is C9H20. The summed E-state index contributed by atoms with van der Waals surface area (Å²) in [6.45, 7) is 13.4. The molecule has 0 bridgehead atoms. The van der Waals surface area contributed by atoms with Crippen LogP contribution in [0.2, 0.25) is 0 Å². The maximum absolute atomic E-state index is 3.74. The van der Waals surface area contributed by atoms with Crippen molar-refractivity contribution in [3.63, 3.8) is 0 Å². The average Bonchev–Trinajstić information content (AvgIpc) is 1.88. The first-order valence-electron chi connectivity index (χ1n) is 3.52. The van der Waals surface area contributed by atoms with Gasteiger partial charge in [0.15, 0.2) is 0 Å². The molecule has 0 aromatic rings. The summed E-state index contributed by atoms with van der Waals surface area (Å²) < 4.78 is 0. The standard InChI is InChI=1S/C7H12.C2H6.H2/c1-4-5-6-7(2)3;1-2;/h4H,1-2,5-6H2,3H3;1-2H3;1H. The largest absolute Gasteiger partial charge is 0.103 e. The molecule has 0 atom stereocenters. The molecule has 0 radical (unpaired) electrons. The molecule has 0 heterocycles. The van der Waals surface area contributed by atoms with E-state index >= 15 is 0 Å². The van der Waals surface area contributed by atoms with E-state index in [1.54, 1.807) is 0 Å². The van der Waals surface area contributed by atoms with Crippen LogP contribution in [0.15, 0.2) is 24.8 Å². The van der Waals surface area contributed by atoms with Crippen LogP contribution in [-0.4, -0.2) is 0 Å². The SMILES string of the molecule is C=CCCC(=C)C.CC.[HH]. The Labute approximate surface area is 60.8 Å². The van der Waals surface area contributed by atoms with Crippen LogP contribution in [0.25, 0.3) is 0 Å². The van der Waals surface area contributed by atoms with Gasteiger partial charge in [0.2, 0.25) is 0 Å². The van der Waals surface area contributed by atoms with Gasteiger partial charge in [-0.15, -0.1) is 13.2 Å². The summed E-state index contributed by atoms with van der Waals surface area (Å²) in [6, 6.07) is 0. The Hall–Kier alpha value is -0.520. The fourth-order valence-electron chi connectivity index (χ4n) is 0.348. The highest BCUT2D eigenvalue weighted by Crippen LogP contribution is 1.98. The summed E-state index contributed by atoms with van der Waals surface area (Å²) >= 11 is 0. The van der Waals surface area contributed by atoms with Gasteiger partial charge >= 0.3 is 0 Å². The summed E-state index contributed by atoms with van der Waals surface area (Å²) in [4.78, 5) is 0. The second-order valence-electron chi connectivity index (χ2n) is 1.78. The van der Waals surface area contributed by atoms with E-state index < -0.39 is 0 Å². The highest BCUT2D eigenvalue weighted by atomic mass is 13.8. The lowest BCUT2D eigenvalue weighted by Crippen LogP contribution is -1.68. The van der Waals surface area contributed by atoms with Crippen LogP contribution >= 0.6 is 0 Å². The molecule has 0 aromatic heterocycles. The second kappa shape index (κ2) is 10.5. The molecule has 0 unspecified atom stereocenters. The Bertz CT molecular complexity index is 74.8. The van der Waals surface area contributed by atoms with Crippen LogP contribution in [0.5, 0.6) is 0 Å². The summed E-state index contributed by atoms with van der Waals surface area (Å²) in [7, 11) is 0. The normalized spacial score (nSPS) is 7.00. The topological polar surface area (TPSA) is 0 Å². The van der Waals surface area contributed by atoms with E-state index in [1.807, 2.05) is 26.8 Å². The number of hydrogen-bond acceptors (Lipinski definition) is 0. The molecule has 0 nitrogen and oxygen atoms in total. The van der Waals surface area contributed by atoms with Crippen LogP contribution in [0.4, 0.5) is 0 Å². The fraction of sp³-hybridized carbons (Fsp3) is 0.556. The molecule has 56 valence electrons. The Balaban J connectivity index is -0.000000149. The van der Waals surface area contributed by atoms with Crippen molar-refractivity contribution in [1.29, 1.82) is 0 Å². The molecule has 0 aromatic carbocycles. The molecule has 0 aliphatic carbocycles. The van der Waals surface area contributed by atoms with Gasteiger partial charge in [0, 0.05) is 1.43 Å². The fourth-order valence-corrected chi connectivity index (χ4v) is 0.348. The van der Waals surface area contributed by atoms with Gasteiger partial charge in [-0.1, -0.05) is 25.5 Å². The minimum absolute atomic E-state index is 0. The lowest BCUT2D eigenvalue weighted by Gasteiger charge is -1.88. The van der Waals surface area contributed by atoms with E-state index in [0.29, 0.717) is 0 Å². The molecule has 0 N–H and O–H groups in total. The molecule has 9 heavy (non-hydrogen) atoms. The van der Waals surface area contributed by atoms with Crippen molar-refractivity contribution in [3.05, 3.63) is 24.8 Å². The van der Waals surface area contributed by atoms with Gasteiger partial charge in [-0.2, -0.15) is 0 Å². The first kappa shape index (κ1) is 11.3. The summed E-state index contributed by atoms with van der Waals surface area (Å²) in [5, 5.41) is 0. The van der Waals surface area contributed by atoms with E-state index in [1.165, 1.54) is 5.57 Å². The minimum Gasteiger partial charge on any atom is -0.103 e. The molecule has 0 rings (SSSR count). The third kappa shape index (κ3) is 18.5. The molecule has 0 fully saturated rings. The van der Waals surface area contributed by atoms with Crippen LogP contribution in [0.1, 0.15) is 35.0 Å². The first-order valence-corrected chi connectivity index (χ1v) is 3.52. The van der Waals surface area contributed by atoms with Crippen LogP contribution < -0.4 is 0 Å². The van der Waals surface area contributed by atoms with Gasteiger partial charge in [-0.3, -0.25) is 0 Å². The maximum atomic E-state index is 3.74. The highest BCUT2D eigenvalue weighted by molar-refractivity contribution is 4.89. The van der Waals surface area contributed by atoms with Crippen molar-refractivity contribution >= 4 is 0 Å². The van der Waals surface area contributed by atoms with Gasteiger partial charge in [-0.05, 0) is 19.8 Å². The Kier molecular flexibility index (Phi) is 13.1. The molecule has 0 spiro atoms. The predicted molar refractivity (Wildman–Crippen MR) is 47.7 cm³/mol. The number of hydrogen-bond donors (Lipinski definition) is 0. The van der Waals surface area contributed by atoms with Crippen molar-refractivity contribution in [2.45, 2.75) is 33.6 Å². The van der Waals surface area contributed by atoms with Gasteiger partial charge in [0.05, 0.1) is 0 Å². The van der Waals surface area contributed by atoms with E-state index in [2.05, 4.69) is 13.2 Å². The quantitative estimate of drug-likeness (QED) is 0.507. The molecule has 0 saturated carbocycles. The number of rotatable bonds is 3. The Morgan fingerprint density at radius 1 is 1.56 bits per heavy atom. The summed E-state index contributed by atoms with van der Waals surface area (Å²) in [5.74, 6) is 0. The molecule has 0 saturated heterocycles. The number of allylic oxidation sites excluding steroid dienone is 2. The zero-order valence-electron chi connectivity index (χ0n) is 6.91. The Morgan fingerprint density at radius 2 is 2.00 bits per heavy atom. The predicted octanol–water partition coefficient (Wildman–Crippen LogP) is 3.80. The molecule has 0 amide bonds. The van der Waals surface area contributed by atoms with Gasteiger partial charge in [0.25, 0.3) is 0 Å². The smallest absolute Gasteiger partial charge is 0 e. The van der Waals surface area contributed by atoms with E-state index in [4.69, 9.17) is 0 Å². The van der Waals surface area contributed by atoms with Crippen molar-refractivity contribution in [2.75, 3.05) is 0 Å². The first-order chi connectivity index (χ1) is 4.27. The third-order valence-corrected chi connectivity index (χ3v) is 0.775. The van der Waals surface area contributed by atoms with Crippen LogP contribution in [0, 0.1) is 0 Å². The third-order valence-electron chi connectivity index (χ3n) is 0.775. The highest BCUT2D eigenvalue weighted by Gasteiger charge is 1.78. The average molecular weight is 128 g/mol. The maximum Gasteiger partial charge on any atom is 0 e.